The van der Waals surface area contributed by atoms with Crippen LogP contribution in [0.25, 0.3) is 10.9 Å². The lowest BCUT2D eigenvalue weighted by Gasteiger charge is -2.37. The molecule has 2 atom stereocenters. The quantitative estimate of drug-likeness (QED) is 0.372. The van der Waals surface area contributed by atoms with Crippen molar-refractivity contribution in [1.82, 2.24) is 9.29 Å². The summed E-state index contributed by atoms with van der Waals surface area (Å²) >= 11 is 6.56. The number of benzene rings is 2. The second-order valence-electron chi connectivity index (χ2n) is 9.35. The minimum Gasteiger partial charge on any atom is -0.491 e. The predicted molar refractivity (Wildman–Crippen MR) is 145 cm³/mol. The highest BCUT2D eigenvalue weighted by Crippen LogP contribution is 2.37. The molecule has 3 heterocycles. The van der Waals surface area contributed by atoms with Crippen LogP contribution in [0.1, 0.15) is 12.0 Å². The first kappa shape index (κ1) is 27.1. The monoisotopic (exact) mass is 561 g/mol. The van der Waals surface area contributed by atoms with E-state index in [0.717, 1.165) is 23.4 Å². The Labute approximate surface area is 228 Å². The molecule has 1 N–H and O–H groups in total. The summed E-state index contributed by atoms with van der Waals surface area (Å²) in [5.74, 6) is 0.857. The van der Waals surface area contributed by atoms with Gasteiger partial charge in [-0.05, 0) is 42.3 Å². The average molecular weight is 562 g/mol. The molecule has 3 aromatic rings. The summed E-state index contributed by atoms with van der Waals surface area (Å²) in [6.07, 6.45) is 2.41. The molecule has 2 saturated heterocycles. The van der Waals surface area contributed by atoms with E-state index >= 15 is 0 Å². The Balaban J connectivity index is 1.40. The molecule has 0 saturated carbocycles. The SMILES string of the molecule is COCCOc1ccc(CNc2ccnc3c(S(=O)(=O)N4CCOCC4C4CCOC4)c(Cl)ccc23)cc1. The molecule has 0 radical (unpaired) electrons. The molecule has 1 aromatic heterocycles. The molecule has 2 unspecified atom stereocenters. The smallest absolute Gasteiger partial charge is 0.247 e. The maximum atomic E-state index is 14.1. The maximum Gasteiger partial charge on any atom is 0.247 e. The molecule has 9 nitrogen and oxygen atoms in total. The minimum atomic E-state index is -3.95. The van der Waals surface area contributed by atoms with Gasteiger partial charge in [0.1, 0.15) is 17.3 Å². The number of methoxy groups -OCH3 is 1. The van der Waals surface area contributed by atoms with Crippen molar-refractivity contribution in [1.29, 1.82) is 0 Å². The van der Waals surface area contributed by atoms with Crippen LogP contribution in [0.5, 0.6) is 5.75 Å². The van der Waals surface area contributed by atoms with Crippen molar-refractivity contribution in [2.45, 2.75) is 23.9 Å². The number of nitrogens with one attached hydrogen (secondary N) is 1. The Morgan fingerprint density at radius 1 is 1.08 bits per heavy atom. The summed E-state index contributed by atoms with van der Waals surface area (Å²) in [6, 6.07) is 12.8. The predicted octanol–water partition coefficient (Wildman–Crippen LogP) is 3.95. The van der Waals surface area contributed by atoms with Crippen molar-refractivity contribution in [2.24, 2.45) is 5.92 Å². The van der Waals surface area contributed by atoms with Crippen LogP contribution in [-0.2, 0) is 30.8 Å². The first-order valence-corrected chi connectivity index (χ1v) is 14.5. The number of rotatable bonds is 10. The number of morpholine rings is 1. The molecule has 0 aliphatic carbocycles. The molecule has 38 heavy (non-hydrogen) atoms. The summed E-state index contributed by atoms with van der Waals surface area (Å²) in [5, 5.41) is 4.25. The number of aromatic nitrogens is 1. The third-order valence-corrected chi connectivity index (χ3v) is 9.40. The van der Waals surface area contributed by atoms with Gasteiger partial charge in [-0.25, -0.2) is 8.42 Å². The van der Waals surface area contributed by atoms with Gasteiger partial charge in [0, 0.05) is 50.0 Å². The topological polar surface area (TPSA) is 99.2 Å². The highest BCUT2D eigenvalue weighted by atomic mass is 35.5. The molecule has 0 amide bonds. The number of anilines is 1. The van der Waals surface area contributed by atoms with Crippen LogP contribution in [-0.4, -0.2) is 77.0 Å². The molecule has 2 fully saturated rings. The van der Waals surface area contributed by atoms with Crippen LogP contribution in [0.2, 0.25) is 5.02 Å². The van der Waals surface area contributed by atoms with E-state index in [-0.39, 0.29) is 28.4 Å². The van der Waals surface area contributed by atoms with Gasteiger partial charge >= 0.3 is 0 Å². The molecule has 0 bridgehead atoms. The van der Waals surface area contributed by atoms with E-state index in [4.69, 9.17) is 30.5 Å². The van der Waals surface area contributed by atoms with Crippen molar-refractivity contribution in [3.05, 3.63) is 59.2 Å². The van der Waals surface area contributed by atoms with Gasteiger partial charge in [0.05, 0.1) is 43.0 Å². The largest absolute Gasteiger partial charge is 0.491 e. The van der Waals surface area contributed by atoms with Crippen molar-refractivity contribution >= 4 is 38.2 Å². The van der Waals surface area contributed by atoms with Crippen molar-refractivity contribution in [3.8, 4) is 5.75 Å². The fourth-order valence-corrected chi connectivity index (χ4v) is 7.27. The Bertz CT molecular complexity index is 1350. The number of hydrogen-bond acceptors (Lipinski definition) is 8. The zero-order valence-electron chi connectivity index (χ0n) is 21.3. The Morgan fingerprint density at radius 3 is 2.66 bits per heavy atom. The van der Waals surface area contributed by atoms with Crippen LogP contribution in [0.15, 0.2) is 53.6 Å². The fourth-order valence-electron chi connectivity index (χ4n) is 4.96. The second-order valence-corrected chi connectivity index (χ2v) is 11.6. The number of fused-ring (bicyclic) bond motifs is 1. The number of halogens is 1. The summed E-state index contributed by atoms with van der Waals surface area (Å²) in [6.45, 7) is 3.65. The number of sulfonamides is 1. The molecule has 2 aliphatic rings. The third-order valence-electron chi connectivity index (χ3n) is 6.97. The van der Waals surface area contributed by atoms with Gasteiger partial charge in [-0.2, -0.15) is 4.31 Å². The van der Waals surface area contributed by atoms with Crippen LogP contribution < -0.4 is 10.1 Å². The van der Waals surface area contributed by atoms with Crippen LogP contribution in [0.4, 0.5) is 5.69 Å². The first-order chi connectivity index (χ1) is 18.5. The Kier molecular flexibility index (Phi) is 8.67. The molecule has 2 aromatic carbocycles. The van der Waals surface area contributed by atoms with Gasteiger partial charge in [-0.3, -0.25) is 4.98 Å². The van der Waals surface area contributed by atoms with Gasteiger partial charge in [-0.15, -0.1) is 0 Å². The van der Waals surface area contributed by atoms with Gasteiger partial charge < -0.3 is 24.3 Å². The highest BCUT2D eigenvalue weighted by molar-refractivity contribution is 7.89. The first-order valence-electron chi connectivity index (χ1n) is 12.7. The van der Waals surface area contributed by atoms with E-state index in [2.05, 4.69) is 10.3 Å². The molecule has 2 aliphatic heterocycles. The van der Waals surface area contributed by atoms with E-state index in [1.165, 1.54) is 4.31 Å². The average Bonchev–Trinajstić information content (AvgIpc) is 3.47. The summed E-state index contributed by atoms with van der Waals surface area (Å²) in [7, 11) is -2.31. The minimum absolute atomic E-state index is 0.0312. The van der Waals surface area contributed by atoms with E-state index < -0.39 is 10.0 Å². The molecular weight excluding hydrogens is 530 g/mol. The van der Waals surface area contributed by atoms with E-state index in [1.807, 2.05) is 30.3 Å². The molecule has 11 heteroatoms. The lowest BCUT2D eigenvalue weighted by Crippen LogP contribution is -2.52. The van der Waals surface area contributed by atoms with Crippen LogP contribution >= 0.6 is 11.6 Å². The maximum absolute atomic E-state index is 14.1. The van der Waals surface area contributed by atoms with Crippen molar-refractivity contribution in [2.75, 3.05) is 58.6 Å². The van der Waals surface area contributed by atoms with Gasteiger partial charge in [0.2, 0.25) is 10.0 Å². The van der Waals surface area contributed by atoms with E-state index in [0.29, 0.717) is 57.1 Å². The second kappa shape index (κ2) is 12.1. The van der Waals surface area contributed by atoms with E-state index in [9.17, 15) is 8.42 Å². The number of hydrogen-bond donors (Lipinski definition) is 1. The van der Waals surface area contributed by atoms with E-state index in [1.54, 1.807) is 25.4 Å². The number of pyridine rings is 1. The van der Waals surface area contributed by atoms with Gasteiger partial charge in [0.15, 0.2) is 0 Å². The molecule has 0 spiro atoms. The molecular formula is C27H32ClN3O6S. The fraction of sp³-hybridized carbons (Fsp3) is 0.444. The lowest BCUT2D eigenvalue weighted by molar-refractivity contribution is 0.00797. The summed E-state index contributed by atoms with van der Waals surface area (Å²) < 4.78 is 51.5. The van der Waals surface area contributed by atoms with Gasteiger partial charge in [0.25, 0.3) is 0 Å². The molecule has 5 rings (SSSR count). The number of ether oxygens (including phenoxy) is 4. The zero-order valence-corrected chi connectivity index (χ0v) is 22.8. The van der Waals surface area contributed by atoms with Gasteiger partial charge in [-0.1, -0.05) is 23.7 Å². The Hall–Kier alpha value is -2.47. The molecule has 204 valence electrons. The Morgan fingerprint density at radius 2 is 1.89 bits per heavy atom. The highest BCUT2D eigenvalue weighted by Gasteiger charge is 2.41. The van der Waals surface area contributed by atoms with Crippen LogP contribution in [0.3, 0.4) is 0 Å². The lowest BCUT2D eigenvalue weighted by atomic mass is 9.99. The third kappa shape index (κ3) is 5.75. The standard InChI is InChI=1S/C27H32ClN3O6S/c1-34-14-15-37-21-4-2-19(3-5-21)16-30-24-8-10-29-26-22(24)6-7-23(28)27(26)38(32,33)31-11-13-36-18-25(31)20-9-12-35-17-20/h2-8,10,20,25H,9,11-18H2,1H3,(H,29,30). The normalized spacial score (nSPS) is 20.6. The van der Waals surface area contributed by atoms with Crippen molar-refractivity contribution < 1.29 is 27.4 Å². The summed E-state index contributed by atoms with van der Waals surface area (Å²) in [5.41, 5.74) is 2.16. The van der Waals surface area contributed by atoms with Crippen molar-refractivity contribution in [3.63, 3.8) is 0 Å². The number of nitrogens with zero attached hydrogens (tertiary/aromatic N) is 2. The summed E-state index contributed by atoms with van der Waals surface area (Å²) in [4.78, 5) is 4.51. The zero-order chi connectivity index (χ0) is 26.5. The van der Waals surface area contributed by atoms with Crippen LogP contribution in [0, 0.1) is 5.92 Å².